The number of rotatable bonds is 5. The number of aliphatic hydroxyl groups is 2. The number of carbonyl (C=O) groups is 1. The first-order valence-corrected chi connectivity index (χ1v) is 10.5. The third kappa shape index (κ3) is 4.61. The fourth-order valence-corrected chi connectivity index (χ4v) is 4.49. The van der Waals surface area contributed by atoms with Crippen molar-refractivity contribution < 1.29 is 19.7 Å². The number of fused-ring (bicyclic) bond motifs is 1. The number of halogens is 1. The highest BCUT2D eigenvalue weighted by Gasteiger charge is 2.46. The van der Waals surface area contributed by atoms with Gasteiger partial charge in [0.05, 0.1) is 18.8 Å². The molecule has 0 spiro atoms. The molecule has 7 nitrogen and oxygen atoms in total. The summed E-state index contributed by atoms with van der Waals surface area (Å²) in [5.41, 5.74) is 3.13. The first kappa shape index (κ1) is 21.1. The van der Waals surface area contributed by atoms with Gasteiger partial charge in [0.1, 0.15) is 12.2 Å². The van der Waals surface area contributed by atoms with Gasteiger partial charge in [-0.2, -0.15) is 0 Å². The van der Waals surface area contributed by atoms with Crippen molar-refractivity contribution in [2.45, 2.75) is 37.3 Å². The maximum Gasteiger partial charge on any atom is 0.319 e. The third-order valence-electron chi connectivity index (χ3n) is 5.77. The second-order valence-electron chi connectivity index (χ2n) is 7.71. The molecule has 1 fully saturated rings. The van der Waals surface area contributed by atoms with Gasteiger partial charge in [-0.1, -0.05) is 41.9 Å². The highest BCUT2D eigenvalue weighted by atomic mass is 35.5. The zero-order valence-corrected chi connectivity index (χ0v) is 17.3. The van der Waals surface area contributed by atoms with E-state index in [0.29, 0.717) is 17.3 Å². The zero-order valence-electron chi connectivity index (χ0n) is 16.5. The van der Waals surface area contributed by atoms with E-state index in [1.807, 2.05) is 12.1 Å². The molecule has 1 saturated heterocycles. The minimum absolute atomic E-state index is 0.211. The second kappa shape index (κ2) is 9.32. The van der Waals surface area contributed by atoms with Gasteiger partial charge in [-0.15, -0.1) is 0 Å². The van der Waals surface area contributed by atoms with Crippen molar-refractivity contribution in [1.29, 1.82) is 0 Å². The predicted octanol–water partition coefficient (Wildman–Crippen LogP) is 2.01. The van der Waals surface area contributed by atoms with Crippen LogP contribution in [-0.4, -0.2) is 65.2 Å². The van der Waals surface area contributed by atoms with Crippen molar-refractivity contribution >= 4 is 23.3 Å². The summed E-state index contributed by atoms with van der Waals surface area (Å²) in [6.07, 6.45) is -1.05. The number of benzene rings is 2. The van der Waals surface area contributed by atoms with Crippen LogP contribution in [0.1, 0.15) is 11.1 Å². The van der Waals surface area contributed by atoms with Gasteiger partial charge in [0.15, 0.2) is 0 Å². The van der Waals surface area contributed by atoms with E-state index in [1.54, 1.807) is 24.3 Å². The van der Waals surface area contributed by atoms with E-state index in [2.05, 4.69) is 27.7 Å². The van der Waals surface area contributed by atoms with Gasteiger partial charge in [0.25, 0.3) is 0 Å². The van der Waals surface area contributed by atoms with E-state index in [0.717, 1.165) is 13.0 Å². The SMILES string of the molecule is O=C(NC[C@H]1O[C@@H](CO)[C@@H](O)[C@H]1N1CCc2ccccc2C1)Nc1cccc(Cl)c1. The first-order chi connectivity index (χ1) is 14.5. The van der Waals surface area contributed by atoms with Crippen LogP contribution >= 0.6 is 11.6 Å². The number of nitrogens with zero attached hydrogens (tertiary/aromatic N) is 1. The second-order valence-corrected chi connectivity index (χ2v) is 8.15. The predicted molar refractivity (Wildman–Crippen MR) is 115 cm³/mol. The Morgan fingerprint density at radius 1 is 1.17 bits per heavy atom. The summed E-state index contributed by atoms with van der Waals surface area (Å²) in [4.78, 5) is 14.5. The molecule has 0 aliphatic carbocycles. The highest BCUT2D eigenvalue weighted by Crippen LogP contribution is 2.30. The Morgan fingerprint density at radius 2 is 1.97 bits per heavy atom. The molecule has 2 amide bonds. The summed E-state index contributed by atoms with van der Waals surface area (Å²) in [5, 5.41) is 26.5. The van der Waals surface area contributed by atoms with Crippen molar-refractivity contribution in [2.75, 3.05) is 25.0 Å². The molecule has 0 bridgehead atoms. The lowest BCUT2D eigenvalue weighted by Crippen LogP contribution is -2.52. The minimum atomic E-state index is -0.831. The van der Waals surface area contributed by atoms with Crippen molar-refractivity contribution in [2.24, 2.45) is 0 Å². The molecule has 160 valence electrons. The lowest BCUT2D eigenvalue weighted by atomic mass is 9.95. The lowest BCUT2D eigenvalue weighted by Gasteiger charge is -2.37. The van der Waals surface area contributed by atoms with Crippen LogP contribution in [-0.2, 0) is 17.7 Å². The van der Waals surface area contributed by atoms with E-state index < -0.39 is 18.3 Å². The fraction of sp³-hybridized carbons (Fsp3) is 0.409. The molecule has 8 heteroatoms. The van der Waals surface area contributed by atoms with Crippen LogP contribution in [0.2, 0.25) is 5.02 Å². The Labute approximate surface area is 180 Å². The quantitative estimate of drug-likeness (QED) is 0.581. The average molecular weight is 432 g/mol. The van der Waals surface area contributed by atoms with Crippen LogP contribution in [0.5, 0.6) is 0 Å². The molecule has 2 aliphatic heterocycles. The number of nitrogens with one attached hydrogen (secondary N) is 2. The lowest BCUT2D eigenvalue weighted by molar-refractivity contribution is -0.0205. The molecule has 2 aromatic rings. The van der Waals surface area contributed by atoms with Crippen LogP contribution in [0.3, 0.4) is 0 Å². The normalized spacial score (nSPS) is 26.2. The Bertz CT molecular complexity index is 896. The smallest absolute Gasteiger partial charge is 0.319 e. The van der Waals surface area contributed by atoms with Gasteiger partial charge in [0, 0.05) is 30.3 Å². The molecule has 0 radical (unpaired) electrons. The maximum absolute atomic E-state index is 12.3. The number of carbonyl (C=O) groups excluding carboxylic acids is 1. The molecule has 2 aliphatic rings. The number of urea groups is 1. The van der Waals surface area contributed by atoms with E-state index in [1.165, 1.54) is 11.1 Å². The number of hydrogen-bond donors (Lipinski definition) is 4. The number of hydrogen-bond acceptors (Lipinski definition) is 5. The molecule has 0 saturated carbocycles. The molecular formula is C22H26ClN3O4. The molecule has 4 atom stereocenters. The third-order valence-corrected chi connectivity index (χ3v) is 6.00. The van der Waals surface area contributed by atoms with Crippen LogP contribution in [0.25, 0.3) is 0 Å². The summed E-state index contributed by atoms with van der Waals surface area (Å²) in [6.45, 7) is 1.42. The summed E-state index contributed by atoms with van der Waals surface area (Å²) in [5.74, 6) is 0. The van der Waals surface area contributed by atoms with E-state index in [4.69, 9.17) is 16.3 Å². The van der Waals surface area contributed by atoms with Gasteiger partial charge in [-0.05, 0) is 35.7 Å². The van der Waals surface area contributed by atoms with E-state index in [-0.39, 0.29) is 25.2 Å². The number of aliphatic hydroxyl groups excluding tert-OH is 2. The largest absolute Gasteiger partial charge is 0.394 e. The summed E-state index contributed by atoms with van der Waals surface area (Å²) in [6, 6.07) is 14.5. The zero-order chi connectivity index (χ0) is 21.1. The van der Waals surface area contributed by atoms with E-state index >= 15 is 0 Å². The molecule has 30 heavy (non-hydrogen) atoms. The standard InChI is InChI=1S/C22H26ClN3O4/c23-16-6-3-7-17(10-16)25-22(29)24-11-18-20(21(28)19(13-27)30-18)26-9-8-14-4-1-2-5-15(14)12-26/h1-7,10,18-21,27-28H,8-9,11-13H2,(H2,24,25,29)/t18-,19+,20+,21-/m1/s1. The highest BCUT2D eigenvalue weighted by molar-refractivity contribution is 6.30. The van der Waals surface area contributed by atoms with Gasteiger partial charge in [-0.3, -0.25) is 4.90 Å². The molecular weight excluding hydrogens is 406 g/mol. The molecule has 2 aromatic carbocycles. The molecule has 4 rings (SSSR count). The average Bonchev–Trinajstić information content (AvgIpc) is 3.07. The van der Waals surface area contributed by atoms with Crippen LogP contribution in [0.4, 0.5) is 10.5 Å². The van der Waals surface area contributed by atoms with Gasteiger partial charge in [0.2, 0.25) is 0 Å². The summed E-state index contributed by atoms with van der Waals surface area (Å²) < 4.78 is 5.89. The Balaban J connectivity index is 1.41. The topological polar surface area (TPSA) is 94.1 Å². The van der Waals surface area contributed by atoms with Crippen molar-refractivity contribution in [1.82, 2.24) is 10.2 Å². The maximum atomic E-state index is 12.3. The molecule has 0 unspecified atom stereocenters. The summed E-state index contributed by atoms with van der Waals surface area (Å²) >= 11 is 5.95. The van der Waals surface area contributed by atoms with Crippen molar-refractivity contribution in [3.8, 4) is 0 Å². The van der Waals surface area contributed by atoms with Crippen molar-refractivity contribution in [3.05, 3.63) is 64.7 Å². The molecule has 4 N–H and O–H groups in total. The number of ether oxygens (including phenoxy) is 1. The number of anilines is 1. The van der Waals surface area contributed by atoms with Crippen molar-refractivity contribution in [3.63, 3.8) is 0 Å². The van der Waals surface area contributed by atoms with Crippen LogP contribution in [0, 0.1) is 0 Å². The molecule has 2 heterocycles. The first-order valence-electron chi connectivity index (χ1n) is 10.1. The van der Waals surface area contributed by atoms with Crippen LogP contribution in [0.15, 0.2) is 48.5 Å². The Hall–Kier alpha value is -2.16. The Morgan fingerprint density at radius 3 is 2.73 bits per heavy atom. The molecule has 0 aromatic heterocycles. The van der Waals surface area contributed by atoms with Gasteiger partial charge in [-0.25, -0.2) is 4.79 Å². The monoisotopic (exact) mass is 431 g/mol. The summed E-state index contributed by atoms with van der Waals surface area (Å²) in [7, 11) is 0. The Kier molecular flexibility index (Phi) is 6.55. The minimum Gasteiger partial charge on any atom is -0.394 e. The number of amides is 2. The van der Waals surface area contributed by atoms with Gasteiger partial charge >= 0.3 is 6.03 Å². The van der Waals surface area contributed by atoms with Gasteiger partial charge < -0.3 is 25.6 Å². The van der Waals surface area contributed by atoms with E-state index in [9.17, 15) is 15.0 Å². The van der Waals surface area contributed by atoms with Crippen LogP contribution < -0.4 is 10.6 Å². The fourth-order valence-electron chi connectivity index (χ4n) is 4.30.